The number of aromatic nitrogens is 1. The Morgan fingerprint density at radius 1 is 1.19 bits per heavy atom. The van der Waals surface area contributed by atoms with Gasteiger partial charge in [0, 0.05) is 43.1 Å². The number of benzene rings is 2. The summed E-state index contributed by atoms with van der Waals surface area (Å²) in [5, 5.41) is 18.8. The molecule has 2 aliphatic rings. The topological polar surface area (TPSA) is 95.7 Å². The van der Waals surface area contributed by atoms with Gasteiger partial charge in [0.05, 0.1) is 11.3 Å². The summed E-state index contributed by atoms with van der Waals surface area (Å²) < 4.78 is 5.50. The molecule has 1 aromatic heterocycles. The summed E-state index contributed by atoms with van der Waals surface area (Å²) in [4.78, 5) is 26.1. The van der Waals surface area contributed by atoms with Gasteiger partial charge in [0.1, 0.15) is 5.69 Å². The molecule has 2 amide bonds. The number of imide groups is 1. The van der Waals surface area contributed by atoms with E-state index >= 15 is 0 Å². The van der Waals surface area contributed by atoms with Crippen molar-refractivity contribution in [3.63, 3.8) is 0 Å². The van der Waals surface area contributed by atoms with Crippen LogP contribution >= 0.6 is 0 Å². The van der Waals surface area contributed by atoms with Crippen LogP contribution in [0.5, 0.6) is 0 Å². The van der Waals surface area contributed by atoms with Crippen LogP contribution in [0.4, 0.5) is 5.69 Å². The summed E-state index contributed by atoms with van der Waals surface area (Å²) in [5.41, 5.74) is 2.33. The van der Waals surface area contributed by atoms with Crippen LogP contribution in [0.15, 0.2) is 34.9 Å². The third-order valence-electron chi connectivity index (χ3n) is 5.62. The maximum Gasteiger partial charge on any atom is 0.235 e. The number of hydrogen-bond acceptors (Lipinski definition) is 6. The molecule has 0 aliphatic carbocycles. The minimum absolute atomic E-state index is 0.205. The summed E-state index contributed by atoms with van der Waals surface area (Å²) in [7, 11) is 0. The molecule has 2 aromatic carbocycles. The smallest absolute Gasteiger partial charge is 0.235 e. The lowest BCUT2D eigenvalue weighted by Gasteiger charge is -2.40. The molecule has 2 fully saturated rings. The minimum atomic E-state index is -0.485. The highest BCUT2D eigenvalue weighted by atomic mass is 16.5. The number of aliphatic hydroxyl groups is 1. The molecule has 2 N–H and O–H groups in total. The second kappa shape index (κ2) is 6.06. The summed E-state index contributed by atoms with van der Waals surface area (Å²) >= 11 is 0. The zero-order valence-corrected chi connectivity index (χ0v) is 14.6. The minimum Gasteiger partial charge on any atom is -0.396 e. The molecule has 27 heavy (non-hydrogen) atoms. The number of aliphatic hydroxyl groups excluding tert-OH is 1. The highest BCUT2D eigenvalue weighted by molar-refractivity contribution is 6.13. The maximum atomic E-state index is 12.3. The molecule has 138 valence electrons. The van der Waals surface area contributed by atoms with E-state index in [9.17, 15) is 14.7 Å². The molecular formula is C20H19N3O4. The molecule has 2 aliphatic heterocycles. The Morgan fingerprint density at radius 2 is 2.04 bits per heavy atom. The second-order valence-electron chi connectivity index (χ2n) is 7.34. The van der Waals surface area contributed by atoms with Crippen molar-refractivity contribution in [2.45, 2.75) is 18.8 Å². The van der Waals surface area contributed by atoms with Crippen molar-refractivity contribution in [2.75, 3.05) is 24.6 Å². The van der Waals surface area contributed by atoms with Gasteiger partial charge in [-0.1, -0.05) is 17.3 Å². The van der Waals surface area contributed by atoms with Gasteiger partial charge in [-0.3, -0.25) is 14.9 Å². The van der Waals surface area contributed by atoms with Crippen molar-refractivity contribution < 1.29 is 19.2 Å². The van der Waals surface area contributed by atoms with Gasteiger partial charge in [-0.25, -0.2) is 0 Å². The van der Waals surface area contributed by atoms with Crippen molar-refractivity contribution in [3.8, 4) is 0 Å². The van der Waals surface area contributed by atoms with Gasteiger partial charge in [-0.15, -0.1) is 0 Å². The van der Waals surface area contributed by atoms with Gasteiger partial charge < -0.3 is 14.5 Å². The lowest BCUT2D eigenvalue weighted by atomic mass is 9.90. The summed E-state index contributed by atoms with van der Waals surface area (Å²) in [6.07, 6.45) is 0.740. The first kappa shape index (κ1) is 16.3. The van der Waals surface area contributed by atoms with Crippen LogP contribution in [-0.4, -0.2) is 41.8 Å². The van der Waals surface area contributed by atoms with Gasteiger partial charge in [-0.05, 0) is 30.0 Å². The number of carbonyl (C=O) groups is 2. The van der Waals surface area contributed by atoms with Crippen LogP contribution in [0.25, 0.3) is 21.7 Å². The van der Waals surface area contributed by atoms with Crippen molar-refractivity contribution in [3.05, 3.63) is 36.0 Å². The molecule has 3 heterocycles. The normalized spacial score (nSPS) is 20.9. The fourth-order valence-corrected chi connectivity index (χ4v) is 4.16. The lowest BCUT2D eigenvalue weighted by Crippen LogP contribution is -2.48. The Hall–Kier alpha value is -2.93. The second-order valence-corrected chi connectivity index (χ2v) is 7.34. The number of nitrogens with zero attached hydrogens (tertiary/aromatic N) is 2. The highest BCUT2D eigenvalue weighted by Gasteiger charge is 2.33. The van der Waals surface area contributed by atoms with Crippen molar-refractivity contribution >= 4 is 39.2 Å². The third-order valence-corrected chi connectivity index (χ3v) is 5.62. The molecule has 3 aromatic rings. The largest absolute Gasteiger partial charge is 0.396 e. The van der Waals surface area contributed by atoms with Crippen molar-refractivity contribution in [1.29, 1.82) is 0 Å². The van der Waals surface area contributed by atoms with E-state index in [1.165, 1.54) is 0 Å². The maximum absolute atomic E-state index is 12.3. The van der Waals surface area contributed by atoms with Crippen molar-refractivity contribution in [2.24, 2.45) is 5.92 Å². The van der Waals surface area contributed by atoms with E-state index in [-0.39, 0.29) is 18.4 Å². The van der Waals surface area contributed by atoms with E-state index in [0.717, 1.165) is 34.9 Å². The molecule has 2 saturated heterocycles. The monoisotopic (exact) mass is 365 g/mol. The third kappa shape index (κ3) is 2.49. The number of hydrogen-bond donors (Lipinski definition) is 2. The number of nitrogens with one attached hydrogen (secondary N) is 1. The molecule has 7 heteroatoms. The Bertz CT molecular complexity index is 1070. The Kier molecular flexibility index (Phi) is 3.65. The predicted octanol–water partition coefficient (Wildman–Crippen LogP) is 1.93. The summed E-state index contributed by atoms with van der Waals surface area (Å²) in [6, 6.07) is 9.97. The van der Waals surface area contributed by atoms with E-state index < -0.39 is 5.92 Å². The Balaban J connectivity index is 1.63. The Morgan fingerprint density at radius 3 is 2.81 bits per heavy atom. The SMILES string of the molecule is O=C1CCC(c2noc3ccc4c(N5CC(CO)C5)cccc4c23)C(=O)N1. The van der Waals surface area contributed by atoms with Gasteiger partial charge in [0.15, 0.2) is 5.58 Å². The molecule has 0 spiro atoms. The summed E-state index contributed by atoms with van der Waals surface area (Å²) in [6.45, 7) is 1.87. The number of fused-ring (bicyclic) bond motifs is 3. The average molecular weight is 365 g/mol. The van der Waals surface area contributed by atoms with E-state index in [4.69, 9.17) is 4.52 Å². The molecule has 1 unspecified atom stereocenters. The predicted molar refractivity (Wildman–Crippen MR) is 99.4 cm³/mol. The van der Waals surface area contributed by atoms with Crippen LogP contribution in [0.2, 0.25) is 0 Å². The zero-order valence-electron chi connectivity index (χ0n) is 14.6. The van der Waals surface area contributed by atoms with E-state index in [1.807, 2.05) is 24.3 Å². The van der Waals surface area contributed by atoms with E-state index in [2.05, 4.69) is 21.4 Å². The first-order chi connectivity index (χ1) is 13.2. The number of carbonyl (C=O) groups excluding carboxylic acids is 2. The molecule has 5 rings (SSSR count). The quantitative estimate of drug-likeness (QED) is 0.689. The molecule has 7 nitrogen and oxygen atoms in total. The van der Waals surface area contributed by atoms with Gasteiger partial charge in [0.25, 0.3) is 0 Å². The highest BCUT2D eigenvalue weighted by Crippen LogP contribution is 2.39. The van der Waals surface area contributed by atoms with Gasteiger partial charge in [0.2, 0.25) is 11.8 Å². The van der Waals surface area contributed by atoms with E-state index in [0.29, 0.717) is 30.0 Å². The number of piperidine rings is 1. The molecule has 0 bridgehead atoms. The van der Waals surface area contributed by atoms with Crippen LogP contribution in [0, 0.1) is 5.92 Å². The number of rotatable bonds is 3. The molecule has 0 saturated carbocycles. The van der Waals surface area contributed by atoms with Crippen LogP contribution in [-0.2, 0) is 9.59 Å². The number of amides is 2. The summed E-state index contributed by atoms with van der Waals surface area (Å²) in [5.74, 6) is -0.727. The lowest BCUT2D eigenvalue weighted by molar-refractivity contribution is -0.134. The van der Waals surface area contributed by atoms with E-state index in [1.54, 1.807) is 0 Å². The first-order valence-electron chi connectivity index (χ1n) is 9.16. The standard InChI is InChI=1S/C20H19N3O4/c24-10-11-8-23(9-11)15-3-1-2-13-12(15)4-6-16-18(13)19(22-27-16)14-5-7-17(25)21-20(14)26/h1-4,6,11,14,24H,5,7-10H2,(H,21,25,26). The number of anilines is 1. The zero-order chi connectivity index (χ0) is 18.5. The van der Waals surface area contributed by atoms with Crippen LogP contribution in [0.3, 0.4) is 0 Å². The molecule has 0 radical (unpaired) electrons. The fourth-order valence-electron chi connectivity index (χ4n) is 4.16. The van der Waals surface area contributed by atoms with Crippen LogP contribution < -0.4 is 10.2 Å². The fraction of sp³-hybridized carbons (Fsp3) is 0.350. The first-order valence-corrected chi connectivity index (χ1v) is 9.16. The molecular weight excluding hydrogens is 346 g/mol. The van der Waals surface area contributed by atoms with Gasteiger partial charge >= 0.3 is 0 Å². The Labute approximate surface area is 154 Å². The van der Waals surface area contributed by atoms with Crippen molar-refractivity contribution in [1.82, 2.24) is 10.5 Å². The molecule has 1 atom stereocenters. The average Bonchev–Trinajstić information content (AvgIpc) is 3.05. The van der Waals surface area contributed by atoms with Gasteiger partial charge in [-0.2, -0.15) is 0 Å². The van der Waals surface area contributed by atoms with Crippen LogP contribution in [0.1, 0.15) is 24.5 Å².